The highest BCUT2D eigenvalue weighted by Crippen LogP contribution is 2.41. The minimum atomic E-state index is 0.135. The number of rotatable bonds is 5. The molecule has 0 spiro atoms. The van der Waals surface area contributed by atoms with E-state index in [0.717, 1.165) is 38.4 Å². The van der Waals surface area contributed by atoms with Crippen LogP contribution in [0, 0.1) is 0 Å². The van der Waals surface area contributed by atoms with Crippen molar-refractivity contribution in [1.82, 2.24) is 15.3 Å². The highest BCUT2D eigenvalue weighted by atomic mass is 16.5. The number of ether oxygens (including phenoxy) is 1. The van der Waals surface area contributed by atoms with E-state index < -0.39 is 0 Å². The second-order valence-corrected chi connectivity index (χ2v) is 5.19. The van der Waals surface area contributed by atoms with Gasteiger partial charge in [0.05, 0.1) is 5.69 Å². The molecule has 4 nitrogen and oxygen atoms in total. The third-order valence-corrected chi connectivity index (χ3v) is 3.66. The smallest absolute Gasteiger partial charge is 0.157 e. The van der Waals surface area contributed by atoms with Gasteiger partial charge >= 0.3 is 0 Å². The van der Waals surface area contributed by atoms with Crippen LogP contribution in [-0.4, -0.2) is 23.1 Å². The van der Waals surface area contributed by atoms with Crippen molar-refractivity contribution in [2.75, 3.05) is 13.2 Å². The molecule has 4 heteroatoms. The molecule has 0 bridgehead atoms. The molecule has 0 aromatic carbocycles. The molecule has 1 atom stereocenters. The van der Waals surface area contributed by atoms with Gasteiger partial charge in [0, 0.05) is 30.8 Å². The fourth-order valence-corrected chi connectivity index (χ4v) is 2.48. The van der Waals surface area contributed by atoms with Crippen molar-refractivity contribution in [3.63, 3.8) is 0 Å². The summed E-state index contributed by atoms with van der Waals surface area (Å²) in [5, 5.41) is 3.37. The van der Waals surface area contributed by atoms with Crippen molar-refractivity contribution in [2.45, 2.75) is 51.2 Å². The Balaban J connectivity index is 1.82. The zero-order valence-electron chi connectivity index (χ0n) is 11.0. The Labute approximate surface area is 108 Å². The molecular weight excluding hydrogens is 226 g/mol. The van der Waals surface area contributed by atoms with Crippen molar-refractivity contribution in [3.8, 4) is 0 Å². The number of nitrogens with one attached hydrogen (secondary N) is 1. The first-order chi connectivity index (χ1) is 8.88. The van der Waals surface area contributed by atoms with Crippen molar-refractivity contribution in [3.05, 3.63) is 23.3 Å². The van der Waals surface area contributed by atoms with E-state index in [2.05, 4.69) is 17.2 Å². The third-order valence-electron chi connectivity index (χ3n) is 3.66. The Morgan fingerprint density at radius 3 is 2.94 bits per heavy atom. The Hall–Kier alpha value is -1.00. The van der Waals surface area contributed by atoms with Crippen LogP contribution in [0.3, 0.4) is 0 Å². The topological polar surface area (TPSA) is 47.0 Å². The zero-order valence-corrected chi connectivity index (χ0v) is 11.0. The minimum Gasteiger partial charge on any atom is -0.370 e. The van der Waals surface area contributed by atoms with Gasteiger partial charge in [0.2, 0.25) is 0 Å². The quantitative estimate of drug-likeness (QED) is 0.867. The van der Waals surface area contributed by atoms with Crippen LogP contribution in [0.25, 0.3) is 0 Å². The van der Waals surface area contributed by atoms with Gasteiger partial charge in [0.15, 0.2) is 5.82 Å². The first-order valence-electron chi connectivity index (χ1n) is 7.06. The van der Waals surface area contributed by atoms with E-state index in [4.69, 9.17) is 9.72 Å². The lowest BCUT2D eigenvalue weighted by Gasteiger charge is -2.13. The highest BCUT2D eigenvalue weighted by molar-refractivity contribution is 5.25. The molecular formula is C14H21N3O. The summed E-state index contributed by atoms with van der Waals surface area (Å²) in [7, 11) is 0. The van der Waals surface area contributed by atoms with Crippen LogP contribution in [0.5, 0.6) is 0 Å². The lowest BCUT2D eigenvalue weighted by molar-refractivity contribution is 0.105. The van der Waals surface area contributed by atoms with Crippen molar-refractivity contribution in [1.29, 1.82) is 0 Å². The first kappa shape index (κ1) is 12.1. The van der Waals surface area contributed by atoms with E-state index in [1.54, 1.807) is 0 Å². The molecule has 1 aliphatic heterocycles. The van der Waals surface area contributed by atoms with Gasteiger partial charge in [-0.2, -0.15) is 0 Å². The van der Waals surface area contributed by atoms with Gasteiger partial charge in [0.1, 0.15) is 6.10 Å². The number of hydrogen-bond donors (Lipinski definition) is 1. The molecule has 18 heavy (non-hydrogen) atoms. The lowest BCUT2D eigenvalue weighted by Crippen LogP contribution is -2.16. The van der Waals surface area contributed by atoms with Crippen LogP contribution in [0.15, 0.2) is 6.20 Å². The molecule has 1 aromatic rings. The molecule has 3 rings (SSSR count). The van der Waals surface area contributed by atoms with Crippen LogP contribution >= 0.6 is 0 Å². The molecule has 2 heterocycles. The van der Waals surface area contributed by atoms with Gasteiger partial charge in [-0.25, -0.2) is 9.97 Å². The molecule has 1 saturated carbocycles. The summed E-state index contributed by atoms with van der Waals surface area (Å²) in [6, 6.07) is 0. The summed E-state index contributed by atoms with van der Waals surface area (Å²) in [5.41, 5.74) is 2.53. The summed E-state index contributed by atoms with van der Waals surface area (Å²) in [4.78, 5) is 9.30. The summed E-state index contributed by atoms with van der Waals surface area (Å²) in [6.45, 7) is 4.84. The monoisotopic (exact) mass is 247 g/mol. The van der Waals surface area contributed by atoms with Crippen molar-refractivity contribution >= 4 is 0 Å². The number of aromatic nitrogens is 2. The summed E-state index contributed by atoms with van der Waals surface area (Å²) in [5.74, 6) is 1.57. The van der Waals surface area contributed by atoms with E-state index in [1.165, 1.54) is 24.1 Å². The first-order valence-corrected chi connectivity index (χ1v) is 7.06. The van der Waals surface area contributed by atoms with Crippen molar-refractivity contribution < 1.29 is 4.74 Å². The molecule has 1 unspecified atom stereocenters. The molecule has 0 amide bonds. The van der Waals surface area contributed by atoms with E-state index in [1.807, 2.05) is 6.20 Å². The van der Waals surface area contributed by atoms with Crippen LogP contribution in [-0.2, 0) is 11.3 Å². The minimum absolute atomic E-state index is 0.135. The van der Waals surface area contributed by atoms with Crippen molar-refractivity contribution in [2.24, 2.45) is 0 Å². The van der Waals surface area contributed by atoms with Gasteiger partial charge in [-0.05, 0) is 32.2 Å². The molecule has 0 radical (unpaired) electrons. The second-order valence-electron chi connectivity index (χ2n) is 5.19. The average molecular weight is 247 g/mol. The second kappa shape index (κ2) is 5.33. The lowest BCUT2D eigenvalue weighted by atomic mass is 10.1. The van der Waals surface area contributed by atoms with E-state index in [0.29, 0.717) is 5.92 Å². The molecule has 1 aliphatic carbocycles. The largest absolute Gasteiger partial charge is 0.370 e. The standard InChI is InChI=1S/C14H21N3O/c1-2-15-8-11-9-16-14(12-4-3-7-18-12)17-13(11)10-5-6-10/h9-10,12,15H,2-8H2,1H3. The maximum Gasteiger partial charge on any atom is 0.157 e. The Morgan fingerprint density at radius 1 is 1.39 bits per heavy atom. The zero-order chi connectivity index (χ0) is 12.4. The molecule has 2 aliphatic rings. The molecule has 2 fully saturated rings. The Morgan fingerprint density at radius 2 is 2.28 bits per heavy atom. The fourth-order valence-electron chi connectivity index (χ4n) is 2.48. The SMILES string of the molecule is CCNCc1cnc(C2CCCO2)nc1C1CC1. The number of hydrogen-bond acceptors (Lipinski definition) is 4. The molecule has 98 valence electrons. The van der Waals surface area contributed by atoms with Gasteiger partial charge in [0.25, 0.3) is 0 Å². The Bertz CT molecular complexity index is 412. The highest BCUT2D eigenvalue weighted by Gasteiger charge is 2.29. The van der Waals surface area contributed by atoms with Gasteiger partial charge in [-0.1, -0.05) is 6.92 Å². The predicted molar refractivity (Wildman–Crippen MR) is 69.3 cm³/mol. The van der Waals surface area contributed by atoms with E-state index >= 15 is 0 Å². The predicted octanol–water partition coefficient (Wildman–Crippen LogP) is 2.32. The molecule has 1 saturated heterocycles. The maximum atomic E-state index is 5.67. The average Bonchev–Trinajstić information content (AvgIpc) is 3.11. The van der Waals surface area contributed by atoms with Crippen LogP contribution in [0.1, 0.15) is 61.7 Å². The van der Waals surface area contributed by atoms with E-state index in [9.17, 15) is 0 Å². The fraction of sp³-hybridized carbons (Fsp3) is 0.714. The Kier molecular flexibility index (Phi) is 3.57. The molecule has 1 aromatic heterocycles. The van der Waals surface area contributed by atoms with Crippen LogP contribution in [0.4, 0.5) is 0 Å². The van der Waals surface area contributed by atoms with Gasteiger partial charge < -0.3 is 10.1 Å². The van der Waals surface area contributed by atoms with Gasteiger partial charge in [-0.15, -0.1) is 0 Å². The third kappa shape index (κ3) is 2.54. The van der Waals surface area contributed by atoms with Crippen LogP contribution < -0.4 is 5.32 Å². The molecule has 1 N–H and O–H groups in total. The summed E-state index contributed by atoms with van der Waals surface area (Å²) >= 11 is 0. The number of nitrogens with zero attached hydrogens (tertiary/aromatic N) is 2. The normalized spacial score (nSPS) is 23.5. The maximum absolute atomic E-state index is 5.67. The summed E-state index contributed by atoms with van der Waals surface area (Å²) < 4.78 is 5.67. The van der Waals surface area contributed by atoms with E-state index in [-0.39, 0.29) is 6.10 Å². The van der Waals surface area contributed by atoms with Crippen LogP contribution in [0.2, 0.25) is 0 Å². The van der Waals surface area contributed by atoms with Gasteiger partial charge in [-0.3, -0.25) is 0 Å². The summed E-state index contributed by atoms with van der Waals surface area (Å²) in [6.07, 6.45) is 6.89.